The molecule has 0 radical (unpaired) electrons. The molecule has 1 aromatic heterocycles. The van der Waals surface area contributed by atoms with E-state index in [9.17, 15) is 19.2 Å². The zero-order valence-electron chi connectivity index (χ0n) is 30.7. The Bertz CT molecular complexity index is 2200. The molecule has 0 bridgehead atoms. The topological polar surface area (TPSA) is 132 Å². The van der Waals surface area contributed by atoms with E-state index in [0.29, 0.717) is 43.8 Å². The van der Waals surface area contributed by atoms with Crippen LogP contribution in [0.1, 0.15) is 67.3 Å². The number of thiophene rings is 1. The van der Waals surface area contributed by atoms with Crippen LogP contribution >= 0.6 is 23.1 Å². The zero-order valence-corrected chi connectivity index (χ0v) is 32.3. The first-order chi connectivity index (χ1) is 26.8. The molecular formula is C43H41N3O7S2. The maximum absolute atomic E-state index is 14.2. The molecule has 12 heteroatoms. The van der Waals surface area contributed by atoms with Gasteiger partial charge >= 0.3 is 5.97 Å². The summed E-state index contributed by atoms with van der Waals surface area (Å²) >= 11 is 2.75. The lowest BCUT2D eigenvalue weighted by atomic mass is 9.95. The first-order valence-corrected chi connectivity index (χ1v) is 19.5. The number of anilines is 2. The number of fused-ring (bicyclic) bond motifs is 1. The Morgan fingerprint density at radius 1 is 0.836 bits per heavy atom. The molecule has 4 aromatic carbocycles. The van der Waals surface area contributed by atoms with Crippen LogP contribution in [-0.4, -0.2) is 44.5 Å². The van der Waals surface area contributed by atoms with Crippen LogP contribution in [0, 0.1) is 0 Å². The minimum atomic E-state index is -0.704. The van der Waals surface area contributed by atoms with Gasteiger partial charge in [0, 0.05) is 32.7 Å². The fourth-order valence-electron chi connectivity index (χ4n) is 6.17. The van der Waals surface area contributed by atoms with Crippen LogP contribution in [0.2, 0.25) is 0 Å². The molecule has 6 rings (SSSR count). The second-order valence-electron chi connectivity index (χ2n) is 12.5. The van der Waals surface area contributed by atoms with E-state index in [1.165, 1.54) is 36.3 Å². The van der Waals surface area contributed by atoms with Gasteiger partial charge in [0.15, 0.2) is 0 Å². The van der Waals surface area contributed by atoms with E-state index in [1.54, 1.807) is 80.8 Å². The van der Waals surface area contributed by atoms with Crippen molar-refractivity contribution in [3.63, 3.8) is 0 Å². The average molecular weight is 776 g/mol. The van der Waals surface area contributed by atoms with Gasteiger partial charge in [-0.15, -0.1) is 23.1 Å². The van der Waals surface area contributed by atoms with Crippen molar-refractivity contribution in [1.82, 2.24) is 5.32 Å². The van der Waals surface area contributed by atoms with Crippen molar-refractivity contribution >= 4 is 63.6 Å². The third-order valence-electron chi connectivity index (χ3n) is 8.84. The van der Waals surface area contributed by atoms with E-state index in [-0.39, 0.29) is 18.2 Å². The smallest absolute Gasteiger partial charge is 0.341 e. The molecule has 1 unspecified atom stereocenters. The van der Waals surface area contributed by atoms with Gasteiger partial charge in [-0.2, -0.15) is 0 Å². The van der Waals surface area contributed by atoms with Crippen LogP contribution in [0.3, 0.4) is 0 Å². The van der Waals surface area contributed by atoms with E-state index >= 15 is 0 Å². The SMILES string of the molecule is CCOC(=O)c1c(NC(=O)C(Sc2cccc(NC(=O)/C(=C\c3ccc(OC)cc3OC)NC(=O)c3ccccc3)c2)c2ccccc2)sc2c1CCCC2. The summed E-state index contributed by atoms with van der Waals surface area (Å²) in [5.41, 5.74) is 3.53. The van der Waals surface area contributed by atoms with Gasteiger partial charge in [-0.25, -0.2) is 4.79 Å². The molecule has 3 amide bonds. The van der Waals surface area contributed by atoms with Gasteiger partial charge in [0.05, 0.1) is 26.4 Å². The number of thioether (sulfide) groups is 1. The van der Waals surface area contributed by atoms with Crippen molar-refractivity contribution in [2.75, 3.05) is 31.5 Å². The normalized spacial score (nSPS) is 12.8. The van der Waals surface area contributed by atoms with Crippen LogP contribution in [-0.2, 0) is 27.2 Å². The molecule has 10 nitrogen and oxygen atoms in total. The van der Waals surface area contributed by atoms with Crippen LogP contribution in [0.4, 0.5) is 10.7 Å². The Kier molecular flexibility index (Phi) is 13.0. The molecule has 0 spiro atoms. The molecule has 0 fully saturated rings. The number of carbonyl (C=O) groups is 4. The van der Waals surface area contributed by atoms with Crippen LogP contribution in [0.5, 0.6) is 11.5 Å². The number of hydrogen-bond donors (Lipinski definition) is 3. The maximum Gasteiger partial charge on any atom is 0.341 e. The number of benzene rings is 4. The second kappa shape index (κ2) is 18.5. The van der Waals surface area contributed by atoms with Crippen LogP contribution in [0.15, 0.2) is 114 Å². The minimum absolute atomic E-state index is 0.0204. The van der Waals surface area contributed by atoms with Crippen molar-refractivity contribution in [1.29, 1.82) is 0 Å². The van der Waals surface area contributed by atoms with Gasteiger partial charge in [-0.05, 0) is 92.3 Å². The van der Waals surface area contributed by atoms with Gasteiger partial charge in [-0.3, -0.25) is 14.4 Å². The number of ether oxygens (including phenoxy) is 3. The monoisotopic (exact) mass is 775 g/mol. The molecule has 5 aromatic rings. The van der Waals surface area contributed by atoms with Crippen molar-refractivity contribution in [3.8, 4) is 11.5 Å². The molecule has 0 aliphatic heterocycles. The van der Waals surface area contributed by atoms with Gasteiger partial charge < -0.3 is 30.2 Å². The molecule has 1 heterocycles. The van der Waals surface area contributed by atoms with Gasteiger partial charge in [0.2, 0.25) is 5.91 Å². The summed E-state index contributed by atoms with van der Waals surface area (Å²) < 4.78 is 16.3. The number of rotatable bonds is 14. The predicted molar refractivity (Wildman–Crippen MR) is 217 cm³/mol. The Labute approximate surface area is 328 Å². The number of methoxy groups -OCH3 is 2. The zero-order chi connectivity index (χ0) is 38.7. The van der Waals surface area contributed by atoms with Gasteiger partial charge in [0.25, 0.3) is 11.8 Å². The van der Waals surface area contributed by atoms with Crippen LogP contribution < -0.4 is 25.4 Å². The highest BCUT2D eigenvalue weighted by Crippen LogP contribution is 2.42. The average Bonchev–Trinajstić information content (AvgIpc) is 3.58. The highest BCUT2D eigenvalue weighted by atomic mass is 32.2. The largest absolute Gasteiger partial charge is 0.497 e. The van der Waals surface area contributed by atoms with E-state index < -0.39 is 23.0 Å². The van der Waals surface area contributed by atoms with Crippen molar-refractivity contribution < 1.29 is 33.4 Å². The van der Waals surface area contributed by atoms with Crippen molar-refractivity contribution in [3.05, 3.63) is 142 Å². The first-order valence-electron chi connectivity index (χ1n) is 17.8. The number of esters is 1. The maximum atomic E-state index is 14.2. The number of carbonyl (C=O) groups excluding carboxylic acids is 4. The van der Waals surface area contributed by atoms with Gasteiger partial charge in [0.1, 0.15) is 27.4 Å². The van der Waals surface area contributed by atoms with Crippen molar-refractivity contribution in [2.24, 2.45) is 0 Å². The summed E-state index contributed by atoms with van der Waals surface area (Å²) in [7, 11) is 3.05. The molecule has 1 atom stereocenters. The molecular weight excluding hydrogens is 735 g/mol. The second-order valence-corrected chi connectivity index (χ2v) is 14.8. The van der Waals surface area contributed by atoms with Crippen LogP contribution in [0.25, 0.3) is 6.08 Å². The third kappa shape index (κ3) is 9.64. The Balaban J connectivity index is 1.27. The predicted octanol–water partition coefficient (Wildman–Crippen LogP) is 8.70. The molecule has 282 valence electrons. The fraction of sp³-hybridized carbons (Fsp3) is 0.209. The molecule has 0 saturated heterocycles. The summed E-state index contributed by atoms with van der Waals surface area (Å²) in [4.78, 5) is 56.3. The molecule has 1 aliphatic rings. The summed E-state index contributed by atoms with van der Waals surface area (Å²) in [5.74, 6) is -0.748. The quantitative estimate of drug-likeness (QED) is 0.0580. The Hall–Kier alpha value is -5.85. The summed E-state index contributed by atoms with van der Waals surface area (Å²) in [6, 6.07) is 30.3. The lowest BCUT2D eigenvalue weighted by Gasteiger charge is -2.18. The summed E-state index contributed by atoms with van der Waals surface area (Å²) in [6.07, 6.45) is 5.18. The van der Waals surface area contributed by atoms with Crippen molar-refractivity contribution in [2.45, 2.75) is 42.8 Å². The summed E-state index contributed by atoms with van der Waals surface area (Å²) in [6.45, 7) is 2.00. The van der Waals surface area contributed by atoms with E-state index in [1.807, 2.05) is 36.4 Å². The fourth-order valence-corrected chi connectivity index (χ4v) is 8.53. The Morgan fingerprint density at radius 3 is 2.31 bits per heavy atom. The number of nitrogens with one attached hydrogen (secondary N) is 3. The number of hydrogen-bond acceptors (Lipinski definition) is 9. The standard InChI is InChI=1S/C43H41N3O7S2/c1-4-53-43(50)37-33-20-11-12-21-36(33)55-42(37)46-41(49)38(27-14-7-5-8-15-27)54-32-19-13-18-30(25-32)44-40(48)34(45-39(47)28-16-9-6-10-17-28)24-29-22-23-31(51-2)26-35(29)52-3/h5-10,13-19,22-26,38H,4,11-12,20-21H2,1-3H3,(H,44,48)(H,45,47)(H,46,49)/b34-24+. The number of aryl methyl sites for hydroxylation is 1. The Morgan fingerprint density at radius 2 is 1.58 bits per heavy atom. The minimum Gasteiger partial charge on any atom is -0.497 e. The molecule has 1 aliphatic carbocycles. The summed E-state index contributed by atoms with van der Waals surface area (Å²) in [5, 5.41) is 8.55. The first kappa shape index (κ1) is 38.9. The highest BCUT2D eigenvalue weighted by molar-refractivity contribution is 8.00. The highest BCUT2D eigenvalue weighted by Gasteiger charge is 2.30. The lowest BCUT2D eigenvalue weighted by Crippen LogP contribution is -2.30. The van der Waals surface area contributed by atoms with E-state index in [2.05, 4.69) is 16.0 Å². The molecule has 0 saturated carbocycles. The van der Waals surface area contributed by atoms with Gasteiger partial charge in [-0.1, -0.05) is 54.6 Å². The molecule has 3 N–H and O–H groups in total. The lowest BCUT2D eigenvalue weighted by molar-refractivity contribution is -0.116. The van der Waals surface area contributed by atoms with E-state index in [0.717, 1.165) is 41.7 Å². The van der Waals surface area contributed by atoms with E-state index in [4.69, 9.17) is 14.2 Å². The third-order valence-corrected chi connectivity index (χ3v) is 11.3. The number of amides is 3. The molecule has 55 heavy (non-hydrogen) atoms.